The van der Waals surface area contributed by atoms with E-state index in [1.165, 1.54) is 6.42 Å². The Balaban J connectivity index is 2.37. The van der Waals surface area contributed by atoms with Crippen molar-refractivity contribution in [1.29, 1.82) is 0 Å². The zero-order valence-corrected chi connectivity index (χ0v) is 9.95. The van der Waals surface area contributed by atoms with Gasteiger partial charge >= 0.3 is 0 Å². The van der Waals surface area contributed by atoms with Gasteiger partial charge in [0.2, 0.25) is 0 Å². The molecule has 1 unspecified atom stereocenters. The van der Waals surface area contributed by atoms with Gasteiger partial charge in [0.15, 0.2) is 0 Å². The lowest BCUT2D eigenvalue weighted by molar-refractivity contribution is 0.212. The molecule has 2 nitrogen and oxygen atoms in total. The van der Waals surface area contributed by atoms with E-state index in [2.05, 4.69) is 18.8 Å². The fraction of sp³-hybridized carbons (Fsp3) is 0.429. The zero-order valence-electron chi connectivity index (χ0n) is 9.95. The molecule has 1 rings (SSSR count). The standard InChI is InChI=1S/C14H21NO/c1-3-4-10-15-11-12(2)14(16)13-8-6-5-7-9-13/h5-9,14-16H,2-4,10-11H2,1H3. The van der Waals surface area contributed by atoms with Crippen LogP contribution >= 0.6 is 0 Å². The number of aliphatic hydroxyl groups is 1. The Kier molecular flexibility index (Phi) is 5.83. The summed E-state index contributed by atoms with van der Waals surface area (Å²) < 4.78 is 0. The molecule has 0 fully saturated rings. The van der Waals surface area contributed by atoms with Gasteiger partial charge in [-0.05, 0) is 24.1 Å². The average molecular weight is 219 g/mol. The second kappa shape index (κ2) is 7.20. The summed E-state index contributed by atoms with van der Waals surface area (Å²) in [4.78, 5) is 0. The Bertz CT molecular complexity index is 308. The van der Waals surface area contributed by atoms with Crippen LogP contribution in [0.25, 0.3) is 0 Å². The molecular formula is C14H21NO. The molecule has 0 aliphatic rings. The maximum atomic E-state index is 10.0. The van der Waals surface area contributed by atoms with Crippen LogP contribution in [0, 0.1) is 0 Å². The third kappa shape index (κ3) is 4.17. The molecule has 0 aliphatic carbocycles. The number of hydrogen-bond donors (Lipinski definition) is 2. The van der Waals surface area contributed by atoms with Crippen LogP contribution in [-0.4, -0.2) is 18.2 Å². The molecule has 2 heteroatoms. The van der Waals surface area contributed by atoms with Gasteiger partial charge in [-0.25, -0.2) is 0 Å². The molecule has 1 aromatic rings. The van der Waals surface area contributed by atoms with Crippen LogP contribution in [0.5, 0.6) is 0 Å². The minimum absolute atomic E-state index is 0.560. The normalized spacial score (nSPS) is 12.4. The second-order valence-electron chi connectivity index (χ2n) is 4.00. The van der Waals surface area contributed by atoms with Crippen molar-refractivity contribution < 1.29 is 5.11 Å². The molecule has 0 amide bonds. The predicted octanol–water partition coefficient (Wildman–Crippen LogP) is 2.67. The van der Waals surface area contributed by atoms with E-state index in [1.54, 1.807) is 0 Å². The van der Waals surface area contributed by atoms with E-state index >= 15 is 0 Å². The van der Waals surface area contributed by atoms with Crippen LogP contribution < -0.4 is 5.32 Å². The van der Waals surface area contributed by atoms with Gasteiger partial charge in [-0.3, -0.25) is 0 Å². The Morgan fingerprint density at radius 2 is 2.06 bits per heavy atom. The van der Waals surface area contributed by atoms with Gasteiger partial charge in [0, 0.05) is 6.54 Å². The van der Waals surface area contributed by atoms with Crippen molar-refractivity contribution in [3.63, 3.8) is 0 Å². The van der Waals surface area contributed by atoms with E-state index in [1.807, 2.05) is 30.3 Å². The van der Waals surface area contributed by atoms with Crippen molar-refractivity contribution >= 4 is 0 Å². The van der Waals surface area contributed by atoms with Crippen molar-refractivity contribution in [2.45, 2.75) is 25.9 Å². The van der Waals surface area contributed by atoms with Crippen molar-refractivity contribution in [3.05, 3.63) is 48.0 Å². The summed E-state index contributed by atoms with van der Waals surface area (Å²) in [5.41, 5.74) is 1.73. The summed E-state index contributed by atoms with van der Waals surface area (Å²) in [6.07, 6.45) is 1.78. The Morgan fingerprint density at radius 1 is 1.38 bits per heavy atom. The number of benzene rings is 1. The zero-order chi connectivity index (χ0) is 11.8. The van der Waals surface area contributed by atoms with Gasteiger partial charge < -0.3 is 10.4 Å². The summed E-state index contributed by atoms with van der Waals surface area (Å²) in [5.74, 6) is 0. The lowest BCUT2D eigenvalue weighted by Crippen LogP contribution is -2.20. The van der Waals surface area contributed by atoms with Crippen LogP contribution in [0.4, 0.5) is 0 Å². The molecule has 0 saturated carbocycles. The van der Waals surface area contributed by atoms with Gasteiger partial charge in [-0.2, -0.15) is 0 Å². The third-order valence-electron chi connectivity index (χ3n) is 2.56. The molecule has 88 valence electrons. The monoisotopic (exact) mass is 219 g/mol. The first-order valence-electron chi connectivity index (χ1n) is 5.87. The number of rotatable bonds is 7. The molecule has 0 bridgehead atoms. The van der Waals surface area contributed by atoms with E-state index in [0.29, 0.717) is 6.54 Å². The van der Waals surface area contributed by atoms with Crippen molar-refractivity contribution in [3.8, 4) is 0 Å². The molecule has 2 N–H and O–H groups in total. The highest BCUT2D eigenvalue weighted by atomic mass is 16.3. The molecule has 0 aliphatic heterocycles. The first kappa shape index (κ1) is 12.9. The lowest BCUT2D eigenvalue weighted by atomic mass is 10.0. The topological polar surface area (TPSA) is 32.3 Å². The van der Waals surface area contributed by atoms with Gasteiger partial charge in [0.25, 0.3) is 0 Å². The average Bonchev–Trinajstić information content (AvgIpc) is 2.34. The largest absolute Gasteiger partial charge is 0.384 e. The fourth-order valence-electron chi connectivity index (χ4n) is 1.52. The van der Waals surface area contributed by atoms with Crippen LogP contribution in [0.3, 0.4) is 0 Å². The van der Waals surface area contributed by atoms with E-state index < -0.39 is 6.10 Å². The predicted molar refractivity (Wildman–Crippen MR) is 68.3 cm³/mol. The van der Waals surface area contributed by atoms with Crippen molar-refractivity contribution in [1.82, 2.24) is 5.32 Å². The third-order valence-corrected chi connectivity index (χ3v) is 2.56. The molecule has 0 saturated heterocycles. The summed E-state index contributed by atoms with van der Waals surface area (Å²) in [5, 5.41) is 13.3. The lowest BCUT2D eigenvalue weighted by Gasteiger charge is -2.14. The summed E-state index contributed by atoms with van der Waals surface area (Å²) in [6, 6.07) is 9.63. The Morgan fingerprint density at radius 3 is 2.69 bits per heavy atom. The minimum atomic E-state index is -0.560. The quantitative estimate of drug-likeness (QED) is 0.546. The summed E-state index contributed by atoms with van der Waals surface area (Å²) in [7, 11) is 0. The van der Waals surface area contributed by atoms with Crippen molar-refractivity contribution in [2.75, 3.05) is 13.1 Å². The summed E-state index contributed by atoms with van der Waals surface area (Å²) >= 11 is 0. The number of unbranched alkanes of at least 4 members (excludes halogenated alkanes) is 1. The first-order valence-corrected chi connectivity index (χ1v) is 5.87. The molecule has 1 aromatic carbocycles. The van der Waals surface area contributed by atoms with Crippen LogP contribution in [0.15, 0.2) is 42.5 Å². The maximum Gasteiger partial charge on any atom is 0.101 e. The van der Waals surface area contributed by atoms with Gasteiger partial charge in [0.1, 0.15) is 6.10 Å². The minimum Gasteiger partial charge on any atom is -0.384 e. The molecule has 0 aromatic heterocycles. The van der Waals surface area contributed by atoms with Crippen LogP contribution in [0.1, 0.15) is 31.4 Å². The Hall–Kier alpha value is -1.12. The summed E-state index contributed by atoms with van der Waals surface area (Å²) in [6.45, 7) is 7.74. The second-order valence-corrected chi connectivity index (χ2v) is 4.00. The molecule has 0 heterocycles. The van der Waals surface area contributed by atoms with Crippen LogP contribution in [0.2, 0.25) is 0 Å². The first-order chi connectivity index (χ1) is 7.75. The van der Waals surface area contributed by atoms with E-state index in [0.717, 1.165) is 24.1 Å². The number of nitrogens with one attached hydrogen (secondary N) is 1. The van der Waals surface area contributed by atoms with E-state index in [-0.39, 0.29) is 0 Å². The highest BCUT2D eigenvalue weighted by molar-refractivity contribution is 5.24. The Labute approximate surface area is 98.0 Å². The van der Waals surface area contributed by atoms with Gasteiger partial charge in [-0.15, -0.1) is 0 Å². The SMILES string of the molecule is C=C(CNCCCC)C(O)c1ccccc1. The highest BCUT2D eigenvalue weighted by Gasteiger charge is 2.09. The molecule has 0 spiro atoms. The maximum absolute atomic E-state index is 10.0. The number of hydrogen-bond acceptors (Lipinski definition) is 2. The van der Waals surface area contributed by atoms with Crippen molar-refractivity contribution in [2.24, 2.45) is 0 Å². The fourth-order valence-corrected chi connectivity index (χ4v) is 1.52. The molecule has 16 heavy (non-hydrogen) atoms. The van der Waals surface area contributed by atoms with E-state index in [9.17, 15) is 5.11 Å². The van der Waals surface area contributed by atoms with Gasteiger partial charge in [-0.1, -0.05) is 50.3 Å². The van der Waals surface area contributed by atoms with Crippen LogP contribution in [-0.2, 0) is 0 Å². The molecule has 0 radical (unpaired) electrons. The molecular weight excluding hydrogens is 198 g/mol. The van der Waals surface area contributed by atoms with E-state index in [4.69, 9.17) is 0 Å². The van der Waals surface area contributed by atoms with Gasteiger partial charge in [0.05, 0.1) is 0 Å². The number of aliphatic hydroxyl groups excluding tert-OH is 1. The molecule has 1 atom stereocenters. The highest BCUT2D eigenvalue weighted by Crippen LogP contribution is 2.18. The smallest absolute Gasteiger partial charge is 0.101 e.